The first-order valence-electron chi connectivity index (χ1n) is 6.35. The van der Waals surface area contributed by atoms with Gasteiger partial charge in [-0.2, -0.15) is 0 Å². The summed E-state index contributed by atoms with van der Waals surface area (Å²) in [7, 11) is 0. The Morgan fingerprint density at radius 1 is 1.61 bits per heavy atom. The van der Waals surface area contributed by atoms with Crippen LogP contribution in [-0.4, -0.2) is 23.5 Å². The highest BCUT2D eigenvalue weighted by molar-refractivity contribution is 6.29. The zero-order valence-corrected chi connectivity index (χ0v) is 11.2. The van der Waals surface area contributed by atoms with Crippen LogP contribution >= 0.6 is 11.6 Å². The summed E-state index contributed by atoms with van der Waals surface area (Å²) >= 11 is 5.70. The lowest BCUT2D eigenvalue weighted by Crippen LogP contribution is -2.46. The second-order valence-corrected chi connectivity index (χ2v) is 5.05. The molecule has 2 atom stereocenters. The number of hydrogen-bond acceptors (Lipinski definition) is 3. The van der Waals surface area contributed by atoms with Crippen molar-refractivity contribution in [2.75, 3.05) is 11.9 Å². The predicted molar refractivity (Wildman–Crippen MR) is 72.7 cm³/mol. The number of aromatic nitrogens is 1. The van der Waals surface area contributed by atoms with E-state index in [-0.39, 0.29) is 11.9 Å². The van der Waals surface area contributed by atoms with Crippen LogP contribution in [0.1, 0.15) is 26.2 Å². The zero-order chi connectivity index (χ0) is 13.0. The Labute approximate surface area is 112 Å². The molecule has 1 saturated heterocycles. The highest BCUT2D eigenvalue weighted by Gasteiger charge is 2.25. The van der Waals surface area contributed by atoms with E-state index in [2.05, 4.69) is 22.5 Å². The number of rotatable bonds is 3. The normalized spacial score (nSPS) is 23.7. The van der Waals surface area contributed by atoms with Gasteiger partial charge in [0.05, 0.1) is 17.9 Å². The molecule has 0 radical (unpaired) electrons. The molecule has 2 N–H and O–H groups in total. The zero-order valence-electron chi connectivity index (χ0n) is 10.4. The molecule has 0 saturated carbocycles. The Balaban J connectivity index is 1.93. The number of amides is 1. The molecule has 1 aliphatic rings. The largest absolute Gasteiger partial charge is 0.323 e. The number of carbonyl (C=O) groups excluding carboxylic acids is 1. The van der Waals surface area contributed by atoms with Gasteiger partial charge >= 0.3 is 0 Å². The first-order valence-corrected chi connectivity index (χ1v) is 6.72. The number of nitrogens with zero attached hydrogens (tertiary/aromatic N) is 1. The third-order valence-electron chi connectivity index (χ3n) is 3.40. The summed E-state index contributed by atoms with van der Waals surface area (Å²) in [5.41, 5.74) is 0.685. The molecule has 5 heteroatoms. The Morgan fingerprint density at radius 2 is 2.44 bits per heavy atom. The maximum Gasteiger partial charge on any atom is 0.241 e. The van der Waals surface area contributed by atoms with Crippen molar-refractivity contribution in [2.45, 2.75) is 32.2 Å². The minimum absolute atomic E-state index is 0.0114. The van der Waals surface area contributed by atoms with Crippen LogP contribution in [0.5, 0.6) is 0 Å². The average Bonchev–Trinajstić information content (AvgIpc) is 2.41. The van der Waals surface area contributed by atoms with Gasteiger partial charge in [-0.25, -0.2) is 4.98 Å². The van der Waals surface area contributed by atoms with E-state index in [1.54, 1.807) is 18.3 Å². The van der Waals surface area contributed by atoms with Crippen LogP contribution in [0.15, 0.2) is 18.3 Å². The van der Waals surface area contributed by atoms with Crippen LogP contribution in [0.4, 0.5) is 5.69 Å². The minimum Gasteiger partial charge on any atom is -0.323 e. The maximum atomic E-state index is 12.1. The van der Waals surface area contributed by atoms with Gasteiger partial charge in [0.2, 0.25) is 5.91 Å². The Hall–Kier alpha value is -1.13. The molecule has 1 fully saturated rings. The maximum absolute atomic E-state index is 12.1. The quantitative estimate of drug-likeness (QED) is 0.827. The van der Waals surface area contributed by atoms with Crippen molar-refractivity contribution in [3.05, 3.63) is 23.5 Å². The van der Waals surface area contributed by atoms with Gasteiger partial charge in [0, 0.05) is 0 Å². The SMILES string of the molecule is CCC1CCNC(C(=O)Nc2ccc(Cl)nc2)C1. The Bertz CT molecular complexity index is 407. The molecular formula is C13H18ClN3O. The summed E-state index contributed by atoms with van der Waals surface area (Å²) in [6.45, 7) is 3.09. The standard InChI is InChI=1S/C13H18ClN3O/c1-2-9-5-6-15-11(7-9)13(18)17-10-3-4-12(14)16-8-10/h3-4,8-9,11,15H,2,5-7H2,1H3,(H,17,18). The van der Waals surface area contributed by atoms with Crippen LogP contribution < -0.4 is 10.6 Å². The monoisotopic (exact) mass is 267 g/mol. The van der Waals surface area contributed by atoms with E-state index >= 15 is 0 Å². The van der Waals surface area contributed by atoms with Crippen molar-refractivity contribution in [1.82, 2.24) is 10.3 Å². The lowest BCUT2D eigenvalue weighted by molar-refractivity contribution is -0.119. The molecule has 98 valence electrons. The molecule has 0 aliphatic carbocycles. The van der Waals surface area contributed by atoms with Crippen molar-refractivity contribution in [3.8, 4) is 0 Å². The Kier molecular flexibility index (Phi) is 4.55. The number of halogens is 1. The van der Waals surface area contributed by atoms with Gasteiger partial charge in [0.25, 0.3) is 0 Å². The van der Waals surface area contributed by atoms with Crippen molar-refractivity contribution >= 4 is 23.2 Å². The van der Waals surface area contributed by atoms with Gasteiger partial charge in [-0.05, 0) is 37.4 Å². The summed E-state index contributed by atoms with van der Waals surface area (Å²) in [5, 5.41) is 6.54. The number of carbonyl (C=O) groups is 1. The van der Waals surface area contributed by atoms with Crippen molar-refractivity contribution in [3.63, 3.8) is 0 Å². The van der Waals surface area contributed by atoms with Gasteiger partial charge in [0.15, 0.2) is 0 Å². The van der Waals surface area contributed by atoms with E-state index in [1.807, 2.05) is 0 Å². The molecule has 2 unspecified atom stereocenters. The molecule has 1 aliphatic heterocycles. The first-order chi connectivity index (χ1) is 8.69. The highest BCUT2D eigenvalue weighted by atomic mass is 35.5. The lowest BCUT2D eigenvalue weighted by atomic mass is 9.90. The summed E-state index contributed by atoms with van der Waals surface area (Å²) in [6.07, 6.45) is 4.76. The second-order valence-electron chi connectivity index (χ2n) is 4.66. The molecule has 1 aromatic rings. The van der Waals surface area contributed by atoms with Gasteiger partial charge in [-0.15, -0.1) is 0 Å². The van der Waals surface area contributed by atoms with Gasteiger partial charge in [0.1, 0.15) is 5.15 Å². The van der Waals surface area contributed by atoms with Crippen LogP contribution in [0.3, 0.4) is 0 Å². The number of piperidine rings is 1. The van der Waals surface area contributed by atoms with E-state index in [4.69, 9.17) is 11.6 Å². The summed E-state index contributed by atoms with van der Waals surface area (Å²) in [5.74, 6) is 0.655. The van der Waals surface area contributed by atoms with E-state index in [0.29, 0.717) is 16.8 Å². The molecule has 1 amide bonds. The van der Waals surface area contributed by atoms with Crippen LogP contribution in [0, 0.1) is 5.92 Å². The molecule has 4 nitrogen and oxygen atoms in total. The number of hydrogen-bond donors (Lipinski definition) is 2. The number of pyridine rings is 1. The fourth-order valence-electron chi connectivity index (χ4n) is 2.25. The molecule has 0 aromatic carbocycles. The third-order valence-corrected chi connectivity index (χ3v) is 3.62. The third kappa shape index (κ3) is 3.43. The molecule has 2 rings (SSSR count). The fraction of sp³-hybridized carbons (Fsp3) is 0.538. The average molecular weight is 268 g/mol. The smallest absolute Gasteiger partial charge is 0.241 e. The van der Waals surface area contributed by atoms with E-state index in [0.717, 1.165) is 25.8 Å². The molecular weight excluding hydrogens is 250 g/mol. The molecule has 1 aromatic heterocycles. The van der Waals surface area contributed by atoms with Crippen LogP contribution in [0.25, 0.3) is 0 Å². The van der Waals surface area contributed by atoms with Gasteiger partial charge < -0.3 is 10.6 Å². The first kappa shape index (κ1) is 13.3. The minimum atomic E-state index is -0.0978. The van der Waals surface area contributed by atoms with E-state index < -0.39 is 0 Å². The van der Waals surface area contributed by atoms with E-state index in [9.17, 15) is 4.79 Å². The summed E-state index contributed by atoms with van der Waals surface area (Å²) in [4.78, 5) is 16.0. The van der Waals surface area contributed by atoms with Crippen molar-refractivity contribution in [2.24, 2.45) is 5.92 Å². The van der Waals surface area contributed by atoms with E-state index in [1.165, 1.54) is 0 Å². The highest BCUT2D eigenvalue weighted by Crippen LogP contribution is 2.20. The van der Waals surface area contributed by atoms with Crippen LogP contribution in [0.2, 0.25) is 5.15 Å². The molecule has 0 bridgehead atoms. The topological polar surface area (TPSA) is 54.0 Å². The second kappa shape index (κ2) is 6.16. The molecule has 18 heavy (non-hydrogen) atoms. The van der Waals surface area contributed by atoms with Gasteiger partial charge in [-0.1, -0.05) is 24.9 Å². The number of nitrogens with one attached hydrogen (secondary N) is 2. The van der Waals surface area contributed by atoms with Crippen molar-refractivity contribution in [1.29, 1.82) is 0 Å². The Morgan fingerprint density at radius 3 is 3.11 bits per heavy atom. The lowest BCUT2D eigenvalue weighted by Gasteiger charge is -2.28. The van der Waals surface area contributed by atoms with Gasteiger partial charge in [-0.3, -0.25) is 4.79 Å². The van der Waals surface area contributed by atoms with Crippen LogP contribution in [-0.2, 0) is 4.79 Å². The summed E-state index contributed by atoms with van der Waals surface area (Å²) < 4.78 is 0. The molecule has 2 heterocycles. The fourth-order valence-corrected chi connectivity index (χ4v) is 2.36. The molecule has 0 spiro atoms. The predicted octanol–water partition coefficient (Wildman–Crippen LogP) is 2.45. The number of anilines is 1. The summed E-state index contributed by atoms with van der Waals surface area (Å²) in [6, 6.07) is 3.33. The van der Waals surface area contributed by atoms with Crippen molar-refractivity contribution < 1.29 is 4.79 Å².